The van der Waals surface area contributed by atoms with E-state index < -0.39 is 0 Å². The normalized spacial score (nSPS) is 29.7. The van der Waals surface area contributed by atoms with E-state index in [-0.39, 0.29) is 12.0 Å². The molecule has 2 fully saturated rings. The van der Waals surface area contributed by atoms with Gasteiger partial charge in [-0.15, -0.1) is 0 Å². The van der Waals surface area contributed by atoms with Crippen LogP contribution in [0.3, 0.4) is 0 Å². The number of carbonyl (C=O) groups excluding carboxylic acids is 1. The van der Waals surface area contributed by atoms with Crippen molar-refractivity contribution < 1.29 is 14.3 Å². The van der Waals surface area contributed by atoms with Crippen LogP contribution < -0.4 is 0 Å². The minimum absolute atomic E-state index is 0.00286. The van der Waals surface area contributed by atoms with Crippen molar-refractivity contribution >= 4 is 5.97 Å². The van der Waals surface area contributed by atoms with E-state index in [1.165, 1.54) is 0 Å². The van der Waals surface area contributed by atoms with Gasteiger partial charge in [0, 0.05) is 45.2 Å². The molecule has 5 heteroatoms. The van der Waals surface area contributed by atoms with Crippen LogP contribution in [-0.2, 0) is 14.3 Å². The second-order valence-corrected chi connectivity index (χ2v) is 5.26. The summed E-state index contributed by atoms with van der Waals surface area (Å²) in [6, 6.07) is 0.533. The van der Waals surface area contributed by atoms with Crippen molar-refractivity contribution in [3.63, 3.8) is 0 Å². The molecule has 0 aromatic heterocycles. The van der Waals surface area contributed by atoms with Gasteiger partial charge in [-0.2, -0.15) is 0 Å². The Morgan fingerprint density at radius 1 is 1.37 bits per heavy atom. The minimum Gasteiger partial charge on any atom is -0.464 e. The topological polar surface area (TPSA) is 42.0 Å². The number of rotatable bonds is 6. The summed E-state index contributed by atoms with van der Waals surface area (Å²) >= 11 is 0. The Bertz CT molecular complexity index is 298. The zero-order valence-electron chi connectivity index (χ0n) is 12.1. The van der Waals surface area contributed by atoms with Gasteiger partial charge in [-0.25, -0.2) is 0 Å². The first-order valence-corrected chi connectivity index (χ1v) is 7.48. The van der Waals surface area contributed by atoms with E-state index in [4.69, 9.17) is 9.47 Å². The summed E-state index contributed by atoms with van der Waals surface area (Å²) in [5.41, 5.74) is 0. The summed E-state index contributed by atoms with van der Waals surface area (Å²) in [5.74, 6) is -0.0300. The summed E-state index contributed by atoms with van der Waals surface area (Å²) in [6.45, 7) is 10.4. The van der Waals surface area contributed by atoms with Crippen LogP contribution in [0.1, 0.15) is 26.7 Å². The molecule has 2 unspecified atom stereocenters. The van der Waals surface area contributed by atoms with E-state index in [0.717, 1.165) is 52.2 Å². The minimum atomic E-state index is -0.0300. The van der Waals surface area contributed by atoms with Crippen LogP contribution in [0.4, 0.5) is 0 Å². The summed E-state index contributed by atoms with van der Waals surface area (Å²) < 4.78 is 10.5. The lowest BCUT2D eigenvalue weighted by Crippen LogP contribution is -2.57. The quantitative estimate of drug-likeness (QED) is 0.526. The fraction of sp³-hybridized carbons (Fsp3) is 0.929. The molecule has 0 aliphatic carbocycles. The smallest absolute Gasteiger partial charge is 0.323 e. The Labute approximate surface area is 115 Å². The first-order valence-electron chi connectivity index (χ1n) is 7.48. The van der Waals surface area contributed by atoms with Crippen molar-refractivity contribution in [3.05, 3.63) is 0 Å². The van der Waals surface area contributed by atoms with E-state index in [2.05, 4.69) is 16.7 Å². The second kappa shape index (κ2) is 7.22. The highest BCUT2D eigenvalue weighted by atomic mass is 16.5. The third kappa shape index (κ3) is 3.68. The maximum atomic E-state index is 11.7. The second-order valence-electron chi connectivity index (χ2n) is 5.26. The highest BCUT2D eigenvalue weighted by Gasteiger charge is 2.36. The Morgan fingerprint density at radius 3 is 2.84 bits per heavy atom. The van der Waals surface area contributed by atoms with Crippen LogP contribution in [0, 0.1) is 0 Å². The zero-order chi connectivity index (χ0) is 13.7. The van der Waals surface area contributed by atoms with E-state index in [1.54, 1.807) is 0 Å². The maximum Gasteiger partial charge on any atom is 0.323 e. The van der Waals surface area contributed by atoms with Crippen LogP contribution in [0.15, 0.2) is 0 Å². The van der Waals surface area contributed by atoms with Crippen molar-refractivity contribution in [2.75, 3.05) is 46.0 Å². The number of hydrogen-bond donors (Lipinski definition) is 0. The highest BCUT2D eigenvalue weighted by Crippen LogP contribution is 2.20. The van der Waals surface area contributed by atoms with Crippen molar-refractivity contribution in [1.82, 2.24) is 9.80 Å². The Hall–Kier alpha value is -0.650. The van der Waals surface area contributed by atoms with Crippen molar-refractivity contribution in [3.8, 4) is 0 Å². The summed E-state index contributed by atoms with van der Waals surface area (Å²) in [5, 5.41) is 0. The van der Waals surface area contributed by atoms with Crippen molar-refractivity contribution in [2.45, 2.75) is 38.8 Å². The Kier molecular flexibility index (Phi) is 5.60. The molecule has 2 aliphatic heterocycles. The molecule has 2 aliphatic rings. The van der Waals surface area contributed by atoms with Crippen LogP contribution in [0.2, 0.25) is 0 Å². The average molecular weight is 270 g/mol. The lowest BCUT2D eigenvalue weighted by molar-refractivity contribution is -0.143. The lowest BCUT2D eigenvalue weighted by atomic mass is 10.1. The van der Waals surface area contributed by atoms with Crippen LogP contribution in [0.25, 0.3) is 0 Å². The number of cyclic esters (lactones) is 1. The summed E-state index contributed by atoms with van der Waals surface area (Å²) in [7, 11) is 0. The maximum absolute atomic E-state index is 11.7. The number of carbonyl (C=O) groups is 1. The van der Waals surface area contributed by atoms with Crippen LogP contribution in [-0.4, -0.2) is 73.9 Å². The molecule has 5 nitrogen and oxygen atoms in total. The van der Waals surface area contributed by atoms with Gasteiger partial charge < -0.3 is 9.47 Å². The molecule has 0 N–H and O–H groups in total. The third-order valence-corrected chi connectivity index (χ3v) is 4.18. The highest BCUT2D eigenvalue weighted by molar-refractivity contribution is 5.77. The van der Waals surface area contributed by atoms with E-state index >= 15 is 0 Å². The predicted octanol–water partition coefficient (Wildman–Crippen LogP) is 0.735. The van der Waals surface area contributed by atoms with Crippen LogP contribution >= 0.6 is 0 Å². The fourth-order valence-corrected chi connectivity index (χ4v) is 3.02. The summed E-state index contributed by atoms with van der Waals surface area (Å²) in [6.07, 6.45) is 1.97. The molecule has 2 saturated heterocycles. The van der Waals surface area contributed by atoms with Gasteiger partial charge in [0.1, 0.15) is 6.04 Å². The van der Waals surface area contributed by atoms with Gasteiger partial charge in [0.15, 0.2) is 0 Å². The molecule has 2 heterocycles. The predicted molar refractivity (Wildman–Crippen MR) is 73.1 cm³/mol. The number of nitrogens with zero attached hydrogens (tertiary/aromatic N) is 2. The van der Waals surface area contributed by atoms with E-state index in [0.29, 0.717) is 12.6 Å². The molecule has 0 aromatic carbocycles. The monoisotopic (exact) mass is 270 g/mol. The van der Waals surface area contributed by atoms with Gasteiger partial charge in [-0.3, -0.25) is 14.6 Å². The molecule has 0 bridgehead atoms. The summed E-state index contributed by atoms with van der Waals surface area (Å²) in [4.78, 5) is 16.5. The Morgan fingerprint density at radius 2 is 2.21 bits per heavy atom. The van der Waals surface area contributed by atoms with Crippen LogP contribution in [0.5, 0.6) is 0 Å². The van der Waals surface area contributed by atoms with Gasteiger partial charge in [0.05, 0.1) is 13.2 Å². The van der Waals surface area contributed by atoms with Gasteiger partial charge in [-0.05, 0) is 13.3 Å². The molecular formula is C14H26N2O3. The molecule has 110 valence electrons. The van der Waals surface area contributed by atoms with Gasteiger partial charge in [0.2, 0.25) is 0 Å². The fourth-order valence-electron chi connectivity index (χ4n) is 3.02. The number of hydrogen-bond acceptors (Lipinski definition) is 5. The van der Waals surface area contributed by atoms with Gasteiger partial charge in [-0.1, -0.05) is 6.92 Å². The molecule has 2 rings (SSSR count). The van der Waals surface area contributed by atoms with E-state index in [1.807, 2.05) is 6.92 Å². The molecule has 0 spiro atoms. The first kappa shape index (κ1) is 14.8. The molecule has 0 aromatic rings. The Balaban J connectivity index is 1.84. The number of piperazine rings is 1. The molecule has 0 amide bonds. The van der Waals surface area contributed by atoms with Gasteiger partial charge in [0.25, 0.3) is 0 Å². The SMILES string of the molecule is CCOCCN1CCN(C2CCOC2=O)CC1CC. The van der Waals surface area contributed by atoms with Crippen molar-refractivity contribution in [1.29, 1.82) is 0 Å². The van der Waals surface area contributed by atoms with Gasteiger partial charge >= 0.3 is 5.97 Å². The largest absolute Gasteiger partial charge is 0.464 e. The molecule has 0 saturated carbocycles. The molecule has 19 heavy (non-hydrogen) atoms. The lowest BCUT2D eigenvalue weighted by Gasteiger charge is -2.42. The molecule has 0 radical (unpaired) electrons. The zero-order valence-corrected chi connectivity index (χ0v) is 12.1. The third-order valence-electron chi connectivity index (χ3n) is 4.18. The molecule has 2 atom stereocenters. The van der Waals surface area contributed by atoms with Crippen molar-refractivity contribution in [2.24, 2.45) is 0 Å². The molecular weight excluding hydrogens is 244 g/mol. The number of ether oxygens (including phenoxy) is 2. The average Bonchev–Trinajstić information content (AvgIpc) is 2.85. The number of esters is 1. The first-order chi connectivity index (χ1) is 9.26. The standard InChI is InChI=1S/C14H26N2O3/c1-3-12-11-16(13-5-9-19-14(13)17)7-6-15(12)8-10-18-4-2/h12-13H,3-11H2,1-2H3. The van der Waals surface area contributed by atoms with E-state index in [9.17, 15) is 4.79 Å².